The lowest BCUT2D eigenvalue weighted by atomic mass is 9.87. The highest BCUT2D eigenvalue weighted by Gasteiger charge is 2.20. The Hall–Kier alpha value is -1.85. The zero-order valence-corrected chi connectivity index (χ0v) is 16.0. The number of ether oxygens (including phenoxy) is 2. The normalized spacial score (nSPS) is 20.9. The Bertz CT molecular complexity index is 651. The fraction of sp³-hybridized carbons (Fsp3) is 0.400. The molecule has 3 atom stereocenters. The molecule has 0 bridgehead atoms. The first-order valence-electron chi connectivity index (χ1n) is 8.42. The van der Waals surface area contributed by atoms with Gasteiger partial charge in [0.25, 0.3) is 0 Å². The van der Waals surface area contributed by atoms with Crippen LogP contribution < -0.4 is 4.74 Å². The molecule has 0 amide bonds. The molecule has 0 spiro atoms. The number of hydrogen-bond donors (Lipinski definition) is 0. The molecule has 2 rings (SSSR count). The lowest BCUT2D eigenvalue weighted by Crippen LogP contribution is -2.28. The van der Waals surface area contributed by atoms with Crippen LogP contribution in [0.2, 0.25) is 0 Å². The lowest BCUT2D eigenvalue weighted by Gasteiger charge is -2.26. The van der Waals surface area contributed by atoms with Gasteiger partial charge >= 0.3 is 0 Å². The Balaban J connectivity index is 1.98. The summed E-state index contributed by atoms with van der Waals surface area (Å²) in [5, 5.41) is 1.49. The highest BCUT2D eigenvalue weighted by atomic mass is 32.2. The molecule has 5 heteroatoms. The van der Waals surface area contributed by atoms with E-state index in [4.69, 9.17) is 9.47 Å². The minimum Gasteiger partial charge on any atom is -0.497 e. The Morgan fingerprint density at radius 3 is 2.52 bits per heavy atom. The predicted octanol–water partition coefficient (Wildman–Crippen LogP) is 4.05. The summed E-state index contributed by atoms with van der Waals surface area (Å²) in [5.41, 5.74) is 1.10. The standard InChI is InChI=1S/C20H27NO3S/c1-5-25(22)21(15-17-6-9-19(23-3)10-7-17)13-12-18-8-11-20(24-4)14-16(18)2/h5-11,14,16,18H,1,12-13,15H2,2-4H3. The van der Waals surface area contributed by atoms with E-state index in [0.717, 1.165) is 30.0 Å². The van der Waals surface area contributed by atoms with Gasteiger partial charge in [-0.05, 0) is 48.1 Å². The number of benzene rings is 1. The van der Waals surface area contributed by atoms with E-state index < -0.39 is 11.0 Å². The van der Waals surface area contributed by atoms with Gasteiger partial charge in [-0.25, -0.2) is 8.51 Å². The topological polar surface area (TPSA) is 38.8 Å². The van der Waals surface area contributed by atoms with Crippen LogP contribution in [0.15, 0.2) is 60.2 Å². The first-order valence-corrected chi connectivity index (χ1v) is 9.59. The number of nitrogens with zero attached hydrogens (tertiary/aromatic N) is 1. The van der Waals surface area contributed by atoms with Crippen molar-refractivity contribution in [1.29, 1.82) is 0 Å². The summed E-state index contributed by atoms with van der Waals surface area (Å²) >= 11 is 0. The summed E-state index contributed by atoms with van der Waals surface area (Å²) in [4.78, 5) is 0. The summed E-state index contributed by atoms with van der Waals surface area (Å²) in [5.74, 6) is 2.55. The molecule has 0 aliphatic heterocycles. The second kappa shape index (κ2) is 9.59. The van der Waals surface area contributed by atoms with Gasteiger partial charge in [-0.2, -0.15) is 0 Å². The van der Waals surface area contributed by atoms with Crippen LogP contribution in [-0.2, 0) is 22.3 Å². The van der Waals surface area contributed by atoms with Crippen LogP contribution in [0.5, 0.6) is 5.75 Å². The second-order valence-corrected chi connectivity index (χ2v) is 7.50. The third kappa shape index (κ3) is 5.58. The lowest BCUT2D eigenvalue weighted by molar-refractivity contribution is 0.290. The maximum Gasteiger partial charge on any atom is 0.119 e. The average Bonchev–Trinajstić information content (AvgIpc) is 2.65. The molecule has 0 saturated carbocycles. The van der Waals surface area contributed by atoms with Crippen LogP contribution in [0.25, 0.3) is 0 Å². The van der Waals surface area contributed by atoms with E-state index >= 15 is 0 Å². The molecule has 1 aliphatic carbocycles. The van der Waals surface area contributed by atoms with Crippen molar-refractivity contribution in [2.24, 2.45) is 11.8 Å². The van der Waals surface area contributed by atoms with Gasteiger partial charge in [0.05, 0.1) is 14.2 Å². The van der Waals surface area contributed by atoms with E-state index in [0.29, 0.717) is 18.4 Å². The highest BCUT2D eigenvalue weighted by Crippen LogP contribution is 2.26. The van der Waals surface area contributed by atoms with Crippen molar-refractivity contribution in [3.8, 4) is 5.75 Å². The Morgan fingerprint density at radius 2 is 1.96 bits per heavy atom. The van der Waals surface area contributed by atoms with Crippen LogP contribution in [0.3, 0.4) is 0 Å². The van der Waals surface area contributed by atoms with Gasteiger partial charge in [-0.3, -0.25) is 0 Å². The zero-order chi connectivity index (χ0) is 18.2. The maximum atomic E-state index is 12.3. The van der Waals surface area contributed by atoms with Crippen LogP contribution in [0.4, 0.5) is 0 Å². The largest absolute Gasteiger partial charge is 0.497 e. The first kappa shape index (κ1) is 19.5. The van der Waals surface area contributed by atoms with Gasteiger partial charge < -0.3 is 9.47 Å². The molecule has 3 unspecified atom stereocenters. The van der Waals surface area contributed by atoms with Crippen LogP contribution >= 0.6 is 0 Å². The van der Waals surface area contributed by atoms with Gasteiger partial charge in [0, 0.05) is 18.5 Å². The summed E-state index contributed by atoms with van der Waals surface area (Å²) in [7, 11) is 2.14. The molecule has 1 aliphatic rings. The third-order valence-corrected chi connectivity index (χ3v) is 5.58. The van der Waals surface area contributed by atoms with Gasteiger partial charge in [-0.15, -0.1) is 0 Å². The van der Waals surface area contributed by atoms with Gasteiger partial charge in [0.15, 0.2) is 0 Å². The molecular formula is C20H27NO3S. The van der Waals surface area contributed by atoms with Crippen LogP contribution in [-0.4, -0.2) is 29.3 Å². The van der Waals surface area contributed by atoms with E-state index in [1.54, 1.807) is 14.2 Å². The first-order chi connectivity index (χ1) is 12.1. The Kier molecular flexibility index (Phi) is 7.47. The second-order valence-electron chi connectivity index (χ2n) is 6.10. The average molecular weight is 362 g/mol. The van der Waals surface area contributed by atoms with Crippen molar-refractivity contribution < 1.29 is 13.7 Å². The van der Waals surface area contributed by atoms with Crippen molar-refractivity contribution >= 4 is 11.0 Å². The molecule has 136 valence electrons. The molecule has 0 aromatic heterocycles. The van der Waals surface area contributed by atoms with E-state index in [1.165, 1.54) is 5.41 Å². The van der Waals surface area contributed by atoms with Crippen molar-refractivity contribution in [2.45, 2.75) is 19.9 Å². The molecule has 0 heterocycles. The quantitative estimate of drug-likeness (QED) is 0.666. The number of rotatable bonds is 9. The van der Waals surface area contributed by atoms with Crippen molar-refractivity contribution in [3.05, 3.63) is 65.8 Å². The summed E-state index contributed by atoms with van der Waals surface area (Å²) in [6.07, 6.45) is 7.28. The Labute approximate surface area is 153 Å². The number of methoxy groups -OCH3 is 2. The van der Waals surface area contributed by atoms with Gasteiger partial charge in [0.1, 0.15) is 22.5 Å². The van der Waals surface area contributed by atoms with Crippen molar-refractivity contribution in [2.75, 3.05) is 20.8 Å². The summed E-state index contributed by atoms with van der Waals surface area (Å²) in [6, 6.07) is 7.85. The van der Waals surface area contributed by atoms with Gasteiger partial charge in [0.2, 0.25) is 0 Å². The molecule has 0 N–H and O–H groups in total. The SMILES string of the molecule is C=CS(=O)N(CCC1C=CC(OC)=CC1C)Cc1ccc(OC)cc1. The summed E-state index contributed by atoms with van der Waals surface area (Å²) < 4.78 is 24.8. The van der Waals surface area contributed by atoms with E-state index in [2.05, 4.69) is 25.7 Å². The van der Waals surface area contributed by atoms with E-state index in [-0.39, 0.29) is 0 Å². The maximum absolute atomic E-state index is 12.3. The zero-order valence-electron chi connectivity index (χ0n) is 15.2. The molecule has 1 aromatic rings. The van der Waals surface area contributed by atoms with Gasteiger partial charge in [-0.1, -0.05) is 31.7 Å². The fourth-order valence-corrected chi connectivity index (χ4v) is 3.67. The fourth-order valence-electron chi connectivity index (χ4n) is 2.89. The van der Waals surface area contributed by atoms with Crippen molar-refractivity contribution in [3.63, 3.8) is 0 Å². The third-order valence-electron chi connectivity index (χ3n) is 4.47. The highest BCUT2D eigenvalue weighted by molar-refractivity contribution is 7.85. The smallest absolute Gasteiger partial charge is 0.119 e. The van der Waals surface area contributed by atoms with Crippen LogP contribution in [0.1, 0.15) is 18.9 Å². The van der Waals surface area contributed by atoms with Crippen molar-refractivity contribution in [1.82, 2.24) is 4.31 Å². The van der Waals surface area contributed by atoms with E-state index in [1.807, 2.05) is 34.6 Å². The molecule has 1 aromatic carbocycles. The monoisotopic (exact) mass is 361 g/mol. The number of hydrogen-bond acceptors (Lipinski definition) is 3. The molecular weight excluding hydrogens is 334 g/mol. The molecule has 4 nitrogen and oxygen atoms in total. The molecule has 25 heavy (non-hydrogen) atoms. The minimum absolute atomic E-state index is 0.403. The molecule has 0 saturated heterocycles. The minimum atomic E-state index is -1.19. The number of allylic oxidation sites excluding steroid dienone is 3. The van der Waals surface area contributed by atoms with Crippen LogP contribution in [0, 0.1) is 11.8 Å². The van der Waals surface area contributed by atoms with E-state index in [9.17, 15) is 4.21 Å². The summed E-state index contributed by atoms with van der Waals surface area (Å²) in [6.45, 7) is 7.22. The molecule has 0 radical (unpaired) electrons. The molecule has 0 fully saturated rings. The predicted molar refractivity (Wildman–Crippen MR) is 103 cm³/mol. The Morgan fingerprint density at radius 1 is 1.24 bits per heavy atom.